The summed E-state index contributed by atoms with van der Waals surface area (Å²) in [6, 6.07) is 11.9. The first kappa shape index (κ1) is 17.8. The maximum Gasteiger partial charge on any atom is 0.280 e. The summed E-state index contributed by atoms with van der Waals surface area (Å²) < 4.78 is 11.5. The summed E-state index contributed by atoms with van der Waals surface area (Å²) in [5.41, 5.74) is 3.08. The fourth-order valence-electron chi connectivity index (χ4n) is 1.81. The molecule has 0 aliphatic carbocycles. The molecule has 0 saturated heterocycles. The number of halogens is 1. The summed E-state index contributed by atoms with van der Waals surface area (Å²) in [6.07, 6.45) is 0.754. The van der Waals surface area contributed by atoms with Crippen LogP contribution in [0.1, 0.15) is 12.5 Å². The van der Waals surface area contributed by atoms with Gasteiger partial charge in [-0.3, -0.25) is 4.79 Å². The highest BCUT2D eigenvalue weighted by Gasteiger charge is 2.13. The molecule has 0 radical (unpaired) electrons. The van der Waals surface area contributed by atoms with E-state index in [4.69, 9.17) is 9.47 Å². The monoisotopic (exact) mass is 392 g/mol. The Kier molecular flexibility index (Phi) is 6.20. The van der Waals surface area contributed by atoms with Crippen LogP contribution in [0, 0.1) is 0 Å². The van der Waals surface area contributed by atoms with Crippen LogP contribution >= 0.6 is 15.9 Å². The third-order valence-electron chi connectivity index (χ3n) is 3.09. The molecule has 126 valence electrons. The topological polar surface area (TPSA) is 80.2 Å². The quantitative estimate of drug-likeness (QED) is 0.584. The molecule has 0 aliphatic rings. The molecule has 24 heavy (non-hydrogen) atoms. The van der Waals surface area contributed by atoms with Gasteiger partial charge in [-0.1, -0.05) is 15.9 Å². The fraction of sp³-hybridized carbons (Fsp3) is 0.176. The summed E-state index contributed by atoms with van der Waals surface area (Å²) in [5, 5.41) is 13.4. The van der Waals surface area contributed by atoms with Gasteiger partial charge >= 0.3 is 0 Å². The van der Waals surface area contributed by atoms with E-state index in [0.717, 1.165) is 4.47 Å². The van der Waals surface area contributed by atoms with Crippen LogP contribution in [0.25, 0.3) is 0 Å². The first-order chi connectivity index (χ1) is 11.5. The Morgan fingerprint density at radius 2 is 2.00 bits per heavy atom. The fourth-order valence-corrected chi connectivity index (χ4v) is 2.07. The molecule has 1 amide bonds. The maximum absolute atomic E-state index is 12.0. The number of nitrogens with one attached hydrogen (secondary N) is 1. The van der Waals surface area contributed by atoms with Crippen LogP contribution in [0.4, 0.5) is 0 Å². The van der Waals surface area contributed by atoms with Crippen LogP contribution in [0.2, 0.25) is 0 Å². The van der Waals surface area contributed by atoms with Crippen molar-refractivity contribution in [1.82, 2.24) is 5.43 Å². The van der Waals surface area contributed by atoms with E-state index in [2.05, 4.69) is 26.5 Å². The van der Waals surface area contributed by atoms with Gasteiger partial charge in [-0.25, -0.2) is 5.43 Å². The molecule has 0 saturated carbocycles. The average molecular weight is 393 g/mol. The summed E-state index contributed by atoms with van der Waals surface area (Å²) in [5.74, 6) is 0.584. The molecule has 0 aliphatic heterocycles. The van der Waals surface area contributed by atoms with E-state index in [9.17, 15) is 9.90 Å². The maximum atomic E-state index is 12.0. The Balaban J connectivity index is 1.90. The number of rotatable bonds is 6. The predicted molar refractivity (Wildman–Crippen MR) is 94.6 cm³/mol. The zero-order chi connectivity index (χ0) is 17.5. The van der Waals surface area contributed by atoms with Crippen molar-refractivity contribution in [3.8, 4) is 17.2 Å². The van der Waals surface area contributed by atoms with E-state index >= 15 is 0 Å². The first-order valence-electron chi connectivity index (χ1n) is 7.11. The van der Waals surface area contributed by atoms with Crippen molar-refractivity contribution < 1.29 is 19.4 Å². The van der Waals surface area contributed by atoms with Crippen molar-refractivity contribution >= 4 is 28.1 Å². The van der Waals surface area contributed by atoms with Gasteiger partial charge in [0.1, 0.15) is 5.75 Å². The summed E-state index contributed by atoms with van der Waals surface area (Å²) >= 11 is 3.33. The summed E-state index contributed by atoms with van der Waals surface area (Å²) in [6.45, 7) is 1.64. The molecule has 0 fully saturated rings. The lowest BCUT2D eigenvalue weighted by Crippen LogP contribution is -2.33. The van der Waals surface area contributed by atoms with Crippen molar-refractivity contribution in [3.63, 3.8) is 0 Å². The van der Waals surface area contributed by atoms with E-state index in [1.807, 2.05) is 12.1 Å². The number of carbonyl (C=O) groups excluding carboxylic acids is 1. The number of hydrazone groups is 1. The van der Waals surface area contributed by atoms with Gasteiger partial charge < -0.3 is 14.6 Å². The zero-order valence-electron chi connectivity index (χ0n) is 13.2. The van der Waals surface area contributed by atoms with Crippen LogP contribution in [0.15, 0.2) is 52.0 Å². The molecular formula is C17H17BrN2O4. The zero-order valence-corrected chi connectivity index (χ0v) is 14.8. The SMILES string of the molecule is COc1cc(/C=N/NC(=O)[C@H](C)Oc2ccc(Br)cc2)ccc1O. The lowest BCUT2D eigenvalue weighted by Gasteiger charge is -2.12. The molecule has 6 nitrogen and oxygen atoms in total. The molecule has 7 heteroatoms. The Morgan fingerprint density at radius 3 is 2.67 bits per heavy atom. The van der Waals surface area contributed by atoms with Crippen LogP contribution in [-0.2, 0) is 4.79 Å². The average Bonchev–Trinajstić information content (AvgIpc) is 2.58. The van der Waals surface area contributed by atoms with E-state index in [0.29, 0.717) is 17.1 Å². The highest BCUT2D eigenvalue weighted by Crippen LogP contribution is 2.25. The summed E-state index contributed by atoms with van der Waals surface area (Å²) in [4.78, 5) is 12.0. The minimum absolute atomic E-state index is 0.0372. The molecule has 2 aromatic carbocycles. The molecule has 2 aromatic rings. The van der Waals surface area contributed by atoms with Gasteiger partial charge in [0, 0.05) is 4.47 Å². The highest BCUT2D eigenvalue weighted by molar-refractivity contribution is 9.10. The second kappa shape index (κ2) is 8.35. The molecule has 0 spiro atoms. The van der Waals surface area contributed by atoms with E-state index < -0.39 is 6.10 Å². The van der Waals surface area contributed by atoms with Gasteiger partial charge in [0.2, 0.25) is 0 Å². The normalized spacial score (nSPS) is 12.0. The number of aromatic hydroxyl groups is 1. The third kappa shape index (κ3) is 4.99. The standard InChI is InChI=1S/C17H17BrN2O4/c1-11(24-14-6-4-13(18)5-7-14)17(22)20-19-10-12-3-8-15(21)16(9-12)23-2/h3-11,21H,1-2H3,(H,20,22)/b19-10+/t11-/m0/s1. The number of benzene rings is 2. The number of ether oxygens (including phenoxy) is 2. The molecule has 2 rings (SSSR count). The first-order valence-corrected chi connectivity index (χ1v) is 7.91. The van der Waals surface area contributed by atoms with E-state index in [1.165, 1.54) is 19.4 Å². The number of phenols is 1. The van der Waals surface area contributed by atoms with Crippen molar-refractivity contribution in [2.75, 3.05) is 7.11 Å². The van der Waals surface area contributed by atoms with Gasteiger partial charge in [-0.05, 0) is 55.0 Å². The Hall–Kier alpha value is -2.54. The minimum atomic E-state index is -0.697. The second-order valence-electron chi connectivity index (χ2n) is 4.88. The number of nitrogens with zero attached hydrogens (tertiary/aromatic N) is 1. The Morgan fingerprint density at radius 1 is 1.29 bits per heavy atom. The molecule has 0 aromatic heterocycles. The third-order valence-corrected chi connectivity index (χ3v) is 3.62. The second-order valence-corrected chi connectivity index (χ2v) is 5.80. The molecule has 2 N–H and O–H groups in total. The highest BCUT2D eigenvalue weighted by atomic mass is 79.9. The van der Waals surface area contributed by atoms with E-state index in [-0.39, 0.29) is 11.7 Å². The van der Waals surface area contributed by atoms with Crippen LogP contribution in [0.5, 0.6) is 17.2 Å². The van der Waals surface area contributed by atoms with Crippen LogP contribution in [-0.4, -0.2) is 30.4 Å². The smallest absolute Gasteiger partial charge is 0.280 e. The number of phenolic OH excluding ortho intramolecular Hbond substituents is 1. The number of amides is 1. The van der Waals surface area contributed by atoms with Crippen molar-refractivity contribution in [2.24, 2.45) is 5.10 Å². The number of methoxy groups -OCH3 is 1. The largest absolute Gasteiger partial charge is 0.504 e. The van der Waals surface area contributed by atoms with Crippen molar-refractivity contribution in [2.45, 2.75) is 13.0 Å². The lowest BCUT2D eigenvalue weighted by atomic mass is 10.2. The number of hydrogen-bond acceptors (Lipinski definition) is 5. The van der Waals surface area contributed by atoms with Crippen molar-refractivity contribution in [3.05, 3.63) is 52.5 Å². The molecule has 0 bridgehead atoms. The predicted octanol–water partition coefficient (Wildman–Crippen LogP) is 3.08. The Labute approximate surface area is 148 Å². The van der Waals surface area contributed by atoms with Crippen LogP contribution < -0.4 is 14.9 Å². The lowest BCUT2D eigenvalue weighted by molar-refractivity contribution is -0.127. The summed E-state index contributed by atoms with van der Waals surface area (Å²) in [7, 11) is 1.46. The number of hydrogen-bond donors (Lipinski definition) is 2. The van der Waals surface area contributed by atoms with Crippen LogP contribution in [0.3, 0.4) is 0 Å². The van der Waals surface area contributed by atoms with Gasteiger partial charge in [-0.15, -0.1) is 0 Å². The number of carbonyl (C=O) groups is 1. The van der Waals surface area contributed by atoms with Gasteiger partial charge in [0.25, 0.3) is 5.91 Å². The van der Waals surface area contributed by atoms with E-state index in [1.54, 1.807) is 31.2 Å². The van der Waals surface area contributed by atoms with Crippen molar-refractivity contribution in [1.29, 1.82) is 0 Å². The Bertz CT molecular complexity index is 732. The van der Waals surface area contributed by atoms with Gasteiger partial charge in [-0.2, -0.15) is 5.10 Å². The van der Waals surface area contributed by atoms with Gasteiger partial charge in [0.15, 0.2) is 17.6 Å². The minimum Gasteiger partial charge on any atom is -0.504 e. The van der Waals surface area contributed by atoms with Gasteiger partial charge in [0.05, 0.1) is 13.3 Å². The molecular weight excluding hydrogens is 376 g/mol. The molecule has 1 atom stereocenters. The molecule has 0 heterocycles. The molecule has 0 unspecified atom stereocenters.